The van der Waals surface area contributed by atoms with Crippen LogP contribution in [0.3, 0.4) is 0 Å². The lowest BCUT2D eigenvalue weighted by Gasteiger charge is -2.20. The molecule has 1 aromatic heterocycles. The largest absolute Gasteiger partial charge is 0.345 e. The van der Waals surface area contributed by atoms with Crippen molar-refractivity contribution in [3.63, 3.8) is 0 Å². The summed E-state index contributed by atoms with van der Waals surface area (Å²) in [6.07, 6.45) is 0. The van der Waals surface area contributed by atoms with Gasteiger partial charge in [-0.3, -0.25) is 5.43 Å². The number of halogens is 2. The molecule has 25 heavy (non-hydrogen) atoms. The van der Waals surface area contributed by atoms with Crippen molar-refractivity contribution in [2.45, 2.75) is 11.2 Å². The smallest absolute Gasteiger partial charge is 0.215 e. The van der Waals surface area contributed by atoms with Crippen molar-refractivity contribution >= 4 is 17.5 Å². The molecule has 1 aliphatic heterocycles. The molecule has 0 bridgehead atoms. The van der Waals surface area contributed by atoms with Gasteiger partial charge in [0, 0.05) is 22.6 Å². The Balaban J connectivity index is 1.68. The van der Waals surface area contributed by atoms with Gasteiger partial charge >= 0.3 is 0 Å². The number of nitrogens with one attached hydrogen (secondary N) is 1. The molecule has 2 aromatic carbocycles. The number of rotatable bonds is 3. The number of nitrogens with zero attached hydrogens (tertiary/aromatic N) is 3. The van der Waals surface area contributed by atoms with Gasteiger partial charge in [0.25, 0.3) is 0 Å². The second-order valence-corrected chi connectivity index (χ2v) is 6.36. The first-order chi connectivity index (χ1) is 12.1. The predicted molar refractivity (Wildman–Crippen MR) is 90.7 cm³/mol. The second kappa shape index (κ2) is 6.30. The van der Waals surface area contributed by atoms with E-state index in [2.05, 4.69) is 21.4 Å². The fraction of sp³-hybridized carbons (Fsp3) is 0.0588. The van der Waals surface area contributed by atoms with Crippen LogP contribution >= 0.6 is 11.8 Å². The van der Waals surface area contributed by atoms with E-state index in [0.29, 0.717) is 16.7 Å². The van der Waals surface area contributed by atoms with Crippen molar-refractivity contribution < 1.29 is 14.5 Å². The molecule has 5 nitrogen and oxygen atoms in total. The van der Waals surface area contributed by atoms with Crippen LogP contribution in [0, 0.1) is 11.6 Å². The molecule has 4 rings (SSSR count). The molecule has 126 valence electrons. The maximum atomic E-state index is 14.1. The molecule has 0 amide bonds. The summed E-state index contributed by atoms with van der Waals surface area (Å²) in [7, 11) is 0. The van der Waals surface area contributed by atoms with E-state index in [0.717, 1.165) is 11.6 Å². The first kappa shape index (κ1) is 15.8. The quantitative estimate of drug-likeness (QED) is 0.755. The molecule has 0 radical (unpaired) electrons. The molecule has 0 spiro atoms. The Morgan fingerprint density at radius 1 is 1.08 bits per heavy atom. The molecule has 0 saturated heterocycles. The minimum atomic E-state index is -0.633. The van der Waals surface area contributed by atoms with Gasteiger partial charge in [0.05, 0.1) is 5.70 Å². The Hall–Kier alpha value is -2.71. The third-order valence-corrected chi connectivity index (χ3v) is 4.74. The normalized spacial score (nSPS) is 14.4. The first-order valence-corrected chi connectivity index (χ1v) is 8.44. The summed E-state index contributed by atoms with van der Waals surface area (Å²) in [5.41, 5.74) is 9.05. The number of hydrogen-bond acceptors (Lipinski definition) is 4. The highest BCUT2D eigenvalue weighted by Gasteiger charge is 2.26. The van der Waals surface area contributed by atoms with Crippen LogP contribution in [0.2, 0.25) is 0 Å². The fourth-order valence-corrected chi connectivity index (χ4v) is 3.35. The van der Waals surface area contributed by atoms with Crippen LogP contribution < -0.4 is 11.2 Å². The second-order valence-electron chi connectivity index (χ2n) is 5.52. The van der Waals surface area contributed by atoms with Gasteiger partial charge in [0.1, 0.15) is 11.6 Å². The van der Waals surface area contributed by atoms with Gasteiger partial charge in [0.15, 0.2) is 6.04 Å². The third kappa shape index (κ3) is 2.90. The van der Waals surface area contributed by atoms with Crippen molar-refractivity contribution in [1.29, 1.82) is 0 Å². The lowest BCUT2D eigenvalue weighted by Crippen LogP contribution is -2.55. The minimum absolute atomic E-state index is 0.243. The molecule has 0 fully saturated rings. The zero-order valence-electron chi connectivity index (χ0n) is 13.0. The lowest BCUT2D eigenvalue weighted by molar-refractivity contribution is -0.414. The van der Waals surface area contributed by atoms with Gasteiger partial charge in [-0.15, -0.1) is 10.2 Å². The molecule has 0 aliphatic carbocycles. The van der Waals surface area contributed by atoms with Crippen LogP contribution in [0.5, 0.6) is 0 Å². The van der Waals surface area contributed by atoms with E-state index in [1.165, 1.54) is 23.9 Å². The molecule has 8 heteroatoms. The maximum Gasteiger partial charge on any atom is 0.215 e. The van der Waals surface area contributed by atoms with Crippen LogP contribution in [-0.2, 0) is 0 Å². The van der Waals surface area contributed by atoms with Crippen molar-refractivity contribution in [2.24, 2.45) is 0 Å². The van der Waals surface area contributed by atoms with Gasteiger partial charge in [-0.25, -0.2) is 13.5 Å². The summed E-state index contributed by atoms with van der Waals surface area (Å²) in [6.45, 7) is 0. The summed E-state index contributed by atoms with van der Waals surface area (Å²) in [4.78, 5) is 0. The van der Waals surface area contributed by atoms with E-state index < -0.39 is 11.6 Å². The number of benzene rings is 2. The SMILES string of the molecule is [NH3+][C@H](c1ccccc1)c1nnc2n1NC(c1ccc(F)cc1F)=CS2. The highest BCUT2D eigenvalue weighted by Crippen LogP contribution is 2.31. The predicted octanol–water partition coefficient (Wildman–Crippen LogP) is 2.54. The van der Waals surface area contributed by atoms with E-state index in [4.69, 9.17) is 0 Å². The highest BCUT2D eigenvalue weighted by molar-refractivity contribution is 8.02. The van der Waals surface area contributed by atoms with Gasteiger partial charge in [-0.2, -0.15) is 0 Å². The van der Waals surface area contributed by atoms with Crippen molar-refractivity contribution in [3.05, 3.63) is 82.5 Å². The summed E-state index contributed by atoms with van der Waals surface area (Å²) < 4.78 is 28.9. The molecule has 1 aliphatic rings. The van der Waals surface area contributed by atoms with E-state index in [9.17, 15) is 8.78 Å². The molecule has 0 saturated carbocycles. The Morgan fingerprint density at radius 2 is 1.88 bits per heavy atom. The summed E-state index contributed by atoms with van der Waals surface area (Å²) in [6, 6.07) is 13.0. The molecule has 3 aromatic rings. The Labute approximate surface area is 146 Å². The van der Waals surface area contributed by atoms with E-state index >= 15 is 0 Å². The third-order valence-electron chi connectivity index (χ3n) is 3.91. The summed E-state index contributed by atoms with van der Waals surface area (Å²) in [5.74, 6) is -0.633. The Kier molecular flexibility index (Phi) is 3.98. The standard InChI is InChI=1S/C17H13F2N5S/c18-11-6-7-12(13(19)8-11)14-9-25-17-22-21-16(24(17)23-14)15(20)10-4-2-1-3-5-10/h1-9,15,23H,20H2/p+1/t15-/m1/s1. The van der Waals surface area contributed by atoms with Crippen molar-refractivity contribution in [3.8, 4) is 0 Å². The highest BCUT2D eigenvalue weighted by atomic mass is 32.2. The first-order valence-electron chi connectivity index (χ1n) is 7.56. The average Bonchev–Trinajstić information content (AvgIpc) is 3.05. The van der Waals surface area contributed by atoms with Crippen LogP contribution in [0.15, 0.2) is 59.1 Å². The minimum Gasteiger partial charge on any atom is -0.345 e. The number of thioether (sulfide) groups is 1. The Bertz CT molecular complexity index is 955. The lowest BCUT2D eigenvalue weighted by atomic mass is 10.1. The molecule has 1 atom stereocenters. The molecular formula is C17H14F2N5S+. The summed E-state index contributed by atoms with van der Waals surface area (Å²) in [5, 5.41) is 10.7. The van der Waals surface area contributed by atoms with E-state index in [-0.39, 0.29) is 11.6 Å². The van der Waals surface area contributed by atoms with E-state index in [1.807, 2.05) is 30.3 Å². The Morgan fingerprint density at radius 3 is 2.64 bits per heavy atom. The van der Waals surface area contributed by atoms with Crippen molar-refractivity contribution in [1.82, 2.24) is 14.9 Å². The van der Waals surface area contributed by atoms with Gasteiger partial charge in [-0.05, 0) is 12.1 Å². The average molecular weight is 358 g/mol. The number of quaternary nitrogens is 1. The van der Waals surface area contributed by atoms with Gasteiger partial charge < -0.3 is 5.73 Å². The molecular weight excluding hydrogens is 344 g/mol. The molecule has 2 heterocycles. The monoisotopic (exact) mass is 358 g/mol. The van der Waals surface area contributed by atoms with Crippen molar-refractivity contribution in [2.75, 3.05) is 5.43 Å². The summed E-state index contributed by atoms with van der Waals surface area (Å²) >= 11 is 1.31. The van der Waals surface area contributed by atoms with Crippen LogP contribution in [0.4, 0.5) is 8.78 Å². The number of aromatic nitrogens is 3. The van der Waals surface area contributed by atoms with E-state index in [1.54, 1.807) is 10.1 Å². The molecule has 0 unspecified atom stereocenters. The van der Waals surface area contributed by atoms with Gasteiger partial charge in [-0.1, -0.05) is 42.1 Å². The topological polar surface area (TPSA) is 70.4 Å². The van der Waals surface area contributed by atoms with Crippen LogP contribution in [0.1, 0.15) is 23.0 Å². The zero-order chi connectivity index (χ0) is 17.4. The maximum absolute atomic E-state index is 14.1. The number of fused-ring (bicyclic) bond motifs is 1. The fourth-order valence-electron chi connectivity index (χ4n) is 2.61. The molecule has 4 N–H and O–H groups in total. The zero-order valence-corrected chi connectivity index (χ0v) is 13.8. The van der Waals surface area contributed by atoms with Crippen LogP contribution in [0.25, 0.3) is 5.70 Å². The van der Waals surface area contributed by atoms with Crippen LogP contribution in [-0.4, -0.2) is 14.9 Å². The van der Waals surface area contributed by atoms with Gasteiger partial charge in [0.2, 0.25) is 11.0 Å². The number of hydrogen-bond donors (Lipinski definition) is 2.